The number of amides is 1. The Bertz CT molecular complexity index is 455. The van der Waals surface area contributed by atoms with Gasteiger partial charge >= 0.3 is 0 Å². The first kappa shape index (κ1) is 11.9. The maximum absolute atomic E-state index is 12.1. The molecule has 0 fully saturated rings. The van der Waals surface area contributed by atoms with Crippen LogP contribution in [0.5, 0.6) is 0 Å². The van der Waals surface area contributed by atoms with E-state index in [4.69, 9.17) is 0 Å². The number of thiazole rings is 1. The van der Waals surface area contributed by atoms with Crippen molar-refractivity contribution in [2.24, 2.45) is 5.92 Å². The number of carbonyl (C=O) groups is 1. The van der Waals surface area contributed by atoms with Crippen LogP contribution in [-0.4, -0.2) is 10.9 Å². The van der Waals surface area contributed by atoms with Gasteiger partial charge in [0.15, 0.2) is 5.13 Å². The van der Waals surface area contributed by atoms with Crippen LogP contribution < -0.4 is 5.32 Å². The second-order valence-corrected chi connectivity index (χ2v) is 6.15. The summed E-state index contributed by atoms with van der Waals surface area (Å²) in [6.07, 6.45) is 11.8. The zero-order valence-electron chi connectivity index (χ0n) is 10.4. The molecule has 0 aliphatic heterocycles. The van der Waals surface area contributed by atoms with E-state index >= 15 is 0 Å². The average molecular weight is 262 g/mol. The van der Waals surface area contributed by atoms with Crippen LogP contribution in [0.15, 0.2) is 12.2 Å². The summed E-state index contributed by atoms with van der Waals surface area (Å²) in [7, 11) is 0. The van der Waals surface area contributed by atoms with Crippen LogP contribution in [0, 0.1) is 5.92 Å². The Balaban J connectivity index is 1.66. The molecule has 0 aromatic carbocycles. The number of carbonyl (C=O) groups excluding carboxylic acids is 1. The molecule has 3 nitrogen and oxygen atoms in total. The van der Waals surface area contributed by atoms with Gasteiger partial charge in [0.1, 0.15) is 0 Å². The predicted molar refractivity (Wildman–Crippen MR) is 73.9 cm³/mol. The molecule has 3 rings (SSSR count). The fraction of sp³-hybridized carbons (Fsp3) is 0.571. The van der Waals surface area contributed by atoms with Crippen LogP contribution in [-0.2, 0) is 17.6 Å². The van der Waals surface area contributed by atoms with Crippen LogP contribution in [0.1, 0.15) is 42.7 Å². The number of aryl methyl sites for hydroxylation is 2. The van der Waals surface area contributed by atoms with Crippen LogP contribution in [0.3, 0.4) is 0 Å². The van der Waals surface area contributed by atoms with Crippen molar-refractivity contribution in [2.45, 2.75) is 44.9 Å². The number of nitrogens with one attached hydrogen (secondary N) is 1. The summed E-state index contributed by atoms with van der Waals surface area (Å²) in [5.41, 5.74) is 1.21. The first-order chi connectivity index (χ1) is 8.83. The van der Waals surface area contributed by atoms with Crippen molar-refractivity contribution in [3.8, 4) is 0 Å². The lowest BCUT2D eigenvalue weighted by Crippen LogP contribution is -2.23. The number of nitrogens with zero attached hydrogens (tertiary/aromatic N) is 1. The van der Waals surface area contributed by atoms with Gasteiger partial charge in [0.2, 0.25) is 5.91 Å². The smallest absolute Gasteiger partial charge is 0.229 e. The minimum absolute atomic E-state index is 0.135. The average Bonchev–Trinajstić information content (AvgIpc) is 2.82. The van der Waals surface area contributed by atoms with E-state index in [0.717, 1.165) is 37.2 Å². The molecule has 1 aromatic heterocycles. The molecule has 1 N–H and O–H groups in total. The van der Waals surface area contributed by atoms with Gasteiger partial charge in [0.05, 0.1) is 5.69 Å². The molecule has 4 heteroatoms. The minimum atomic E-state index is 0.135. The maximum atomic E-state index is 12.1. The van der Waals surface area contributed by atoms with Crippen molar-refractivity contribution in [3.05, 3.63) is 22.7 Å². The van der Waals surface area contributed by atoms with Gasteiger partial charge in [0, 0.05) is 10.8 Å². The maximum Gasteiger partial charge on any atom is 0.229 e. The third kappa shape index (κ3) is 2.48. The van der Waals surface area contributed by atoms with Crippen molar-refractivity contribution < 1.29 is 4.79 Å². The molecule has 0 spiro atoms. The number of anilines is 1. The van der Waals surface area contributed by atoms with Gasteiger partial charge in [0.25, 0.3) is 0 Å². The molecule has 1 aromatic rings. The lowest BCUT2D eigenvalue weighted by atomic mass is 9.94. The van der Waals surface area contributed by atoms with E-state index in [-0.39, 0.29) is 11.8 Å². The molecule has 1 heterocycles. The Morgan fingerprint density at radius 3 is 3.00 bits per heavy atom. The predicted octanol–water partition coefficient (Wildman–Crippen LogP) is 3.32. The summed E-state index contributed by atoms with van der Waals surface area (Å²) in [5, 5.41) is 3.81. The van der Waals surface area contributed by atoms with Crippen molar-refractivity contribution in [1.29, 1.82) is 0 Å². The zero-order valence-corrected chi connectivity index (χ0v) is 11.3. The van der Waals surface area contributed by atoms with Gasteiger partial charge < -0.3 is 5.32 Å². The number of hydrogen-bond donors (Lipinski definition) is 1. The molecule has 1 amide bonds. The van der Waals surface area contributed by atoms with E-state index in [1.165, 1.54) is 23.4 Å². The fourth-order valence-electron chi connectivity index (χ4n) is 2.64. The first-order valence-electron chi connectivity index (χ1n) is 6.77. The van der Waals surface area contributed by atoms with Crippen LogP contribution in [0.25, 0.3) is 0 Å². The lowest BCUT2D eigenvalue weighted by molar-refractivity contribution is -0.120. The summed E-state index contributed by atoms with van der Waals surface area (Å²) in [6, 6.07) is 0. The van der Waals surface area contributed by atoms with Crippen molar-refractivity contribution in [3.63, 3.8) is 0 Å². The van der Waals surface area contributed by atoms with Gasteiger partial charge in [-0.1, -0.05) is 12.2 Å². The zero-order chi connectivity index (χ0) is 12.4. The highest BCUT2D eigenvalue weighted by Gasteiger charge is 2.21. The van der Waals surface area contributed by atoms with E-state index in [0.29, 0.717) is 0 Å². The van der Waals surface area contributed by atoms with Gasteiger partial charge in [-0.3, -0.25) is 4.79 Å². The molecule has 96 valence electrons. The third-order valence-electron chi connectivity index (χ3n) is 3.72. The van der Waals surface area contributed by atoms with Gasteiger partial charge in [-0.25, -0.2) is 4.98 Å². The minimum Gasteiger partial charge on any atom is -0.302 e. The quantitative estimate of drug-likeness (QED) is 0.831. The molecule has 0 saturated carbocycles. The van der Waals surface area contributed by atoms with E-state index in [1.807, 2.05) is 0 Å². The molecule has 18 heavy (non-hydrogen) atoms. The molecule has 2 aliphatic rings. The van der Waals surface area contributed by atoms with Crippen LogP contribution in [0.2, 0.25) is 0 Å². The summed E-state index contributed by atoms with van der Waals surface area (Å²) in [4.78, 5) is 18.0. The van der Waals surface area contributed by atoms with E-state index in [1.54, 1.807) is 11.3 Å². The number of aromatic nitrogens is 1. The molecule has 2 aliphatic carbocycles. The van der Waals surface area contributed by atoms with Gasteiger partial charge in [-0.05, 0) is 44.9 Å². The van der Waals surface area contributed by atoms with E-state index in [9.17, 15) is 4.79 Å². The van der Waals surface area contributed by atoms with E-state index < -0.39 is 0 Å². The summed E-state index contributed by atoms with van der Waals surface area (Å²) in [5.74, 6) is 0.279. The molecule has 1 unspecified atom stereocenters. The third-order valence-corrected chi connectivity index (χ3v) is 4.79. The molecule has 1 atom stereocenters. The van der Waals surface area contributed by atoms with E-state index in [2.05, 4.69) is 22.5 Å². The van der Waals surface area contributed by atoms with Gasteiger partial charge in [-0.2, -0.15) is 0 Å². The first-order valence-corrected chi connectivity index (χ1v) is 7.59. The van der Waals surface area contributed by atoms with Crippen molar-refractivity contribution in [2.75, 3.05) is 5.32 Å². The SMILES string of the molecule is O=C(Nc1nc2c(s1)CCCC2)C1CC=CCC1. The van der Waals surface area contributed by atoms with Crippen molar-refractivity contribution >= 4 is 22.4 Å². The Labute approximate surface area is 111 Å². The summed E-state index contributed by atoms with van der Waals surface area (Å²) >= 11 is 1.67. The van der Waals surface area contributed by atoms with Crippen LogP contribution >= 0.6 is 11.3 Å². The number of allylic oxidation sites excluding steroid dienone is 2. The van der Waals surface area contributed by atoms with Crippen LogP contribution in [0.4, 0.5) is 5.13 Å². The fourth-order valence-corrected chi connectivity index (χ4v) is 3.70. The number of fused-ring (bicyclic) bond motifs is 1. The highest BCUT2D eigenvalue weighted by molar-refractivity contribution is 7.15. The highest BCUT2D eigenvalue weighted by Crippen LogP contribution is 2.30. The molecule has 0 radical (unpaired) electrons. The molecule has 0 saturated heterocycles. The number of rotatable bonds is 2. The molecular formula is C14H18N2OS. The lowest BCUT2D eigenvalue weighted by Gasteiger charge is -2.15. The monoisotopic (exact) mass is 262 g/mol. The number of hydrogen-bond acceptors (Lipinski definition) is 3. The Kier molecular flexibility index (Phi) is 3.46. The largest absolute Gasteiger partial charge is 0.302 e. The summed E-state index contributed by atoms with van der Waals surface area (Å²) < 4.78 is 0. The van der Waals surface area contributed by atoms with Gasteiger partial charge in [-0.15, -0.1) is 11.3 Å². The molecule has 0 bridgehead atoms. The molecular weight excluding hydrogens is 244 g/mol. The Morgan fingerprint density at radius 2 is 2.22 bits per heavy atom. The standard InChI is InChI=1S/C14H18N2OS/c17-13(10-6-2-1-3-7-10)16-14-15-11-8-4-5-9-12(11)18-14/h1-2,10H,3-9H2,(H,15,16,17). The second-order valence-electron chi connectivity index (χ2n) is 5.07. The van der Waals surface area contributed by atoms with Crippen molar-refractivity contribution in [1.82, 2.24) is 4.98 Å². The Morgan fingerprint density at radius 1 is 1.33 bits per heavy atom. The second kappa shape index (κ2) is 5.22. The summed E-state index contributed by atoms with van der Waals surface area (Å²) in [6.45, 7) is 0. The normalized spacial score (nSPS) is 22.6. The topological polar surface area (TPSA) is 42.0 Å². The Hall–Kier alpha value is -1.16. The highest BCUT2D eigenvalue weighted by atomic mass is 32.1.